The molecule has 0 aliphatic rings. The molecular formula is C15H11N3O3S. The third kappa shape index (κ3) is 3.32. The van der Waals surface area contributed by atoms with Crippen LogP contribution in [-0.2, 0) is 5.75 Å². The van der Waals surface area contributed by atoms with E-state index in [0.29, 0.717) is 16.9 Å². The largest absolute Gasteiger partial charge is 0.411 e. The molecule has 0 amide bonds. The molecule has 0 saturated heterocycles. The van der Waals surface area contributed by atoms with E-state index in [0.717, 1.165) is 11.1 Å². The molecule has 0 unspecified atom stereocenters. The Morgan fingerprint density at radius 3 is 2.45 bits per heavy atom. The van der Waals surface area contributed by atoms with Crippen molar-refractivity contribution in [2.24, 2.45) is 0 Å². The van der Waals surface area contributed by atoms with Crippen molar-refractivity contribution in [1.29, 1.82) is 0 Å². The molecule has 0 N–H and O–H groups in total. The molecule has 0 spiro atoms. The van der Waals surface area contributed by atoms with Crippen LogP contribution in [-0.4, -0.2) is 15.1 Å². The predicted molar refractivity (Wildman–Crippen MR) is 82.4 cm³/mol. The average Bonchev–Trinajstić information content (AvgIpc) is 3.03. The summed E-state index contributed by atoms with van der Waals surface area (Å²) in [5.74, 6) is 1.08. The van der Waals surface area contributed by atoms with Crippen LogP contribution < -0.4 is 0 Å². The molecule has 6 nitrogen and oxygen atoms in total. The second kappa shape index (κ2) is 6.40. The first-order chi connectivity index (χ1) is 10.7. The molecule has 22 heavy (non-hydrogen) atoms. The number of non-ortho nitro benzene ring substituents is 1. The molecule has 0 fully saturated rings. The van der Waals surface area contributed by atoms with Crippen LogP contribution in [0.1, 0.15) is 5.56 Å². The van der Waals surface area contributed by atoms with Crippen LogP contribution in [0.15, 0.2) is 64.2 Å². The van der Waals surface area contributed by atoms with Gasteiger partial charge in [0.05, 0.1) is 4.92 Å². The maximum atomic E-state index is 10.6. The van der Waals surface area contributed by atoms with Gasteiger partial charge in [-0.1, -0.05) is 42.1 Å². The van der Waals surface area contributed by atoms with Crippen molar-refractivity contribution in [3.8, 4) is 11.5 Å². The van der Waals surface area contributed by atoms with E-state index < -0.39 is 4.92 Å². The number of hydrogen-bond donors (Lipinski definition) is 0. The molecule has 0 radical (unpaired) electrons. The number of thioether (sulfide) groups is 1. The number of benzene rings is 2. The minimum atomic E-state index is -0.416. The molecular weight excluding hydrogens is 302 g/mol. The van der Waals surface area contributed by atoms with Gasteiger partial charge in [0.2, 0.25) is 5.89 Å². The van der Waals surface area contributed by atoms with Crippen molar-refractivity contribution in [3.05, 3.63) is 70.3 Å². The number of rotatable bonds is 5. The standard InChI is InChI=1S/C15H11N3O3S/c19-18(20)13-8-6-11(7-9-13)10-22-15-17-16-14(21-15)12-4-2-1-3-5-12/h1-9H,10H2. The SMILES string of the molecule is O=[N+]([O-])c1ccc(CSc2nnc(-c3ccccc3)o2)cc1. The van der Waals surface area contributed by atoms with E-state index in [9.17, 15) is 10.1 Å². The Balaban J connectivity index is 1.65. The summed E-state index contributed by atoms with van der Waals surface area (Å²) in [4.78, 5) is 10.2. The van der Waals surface area contributed by atoms with Gasteiger partial charge < -0.3 is 4.42 Å². The van der Waals surface area contributed by atoms with Gasteiger partial charge in [-0.25, -0.2) is 0 Å². The molecule has 7 heteroatoms. The van der Waals surface area contributed by atoms with Crippen molar-refractivity contribution >= 4 is 17.4 Å². The average molecular weight is 313 g/mol. The normalized spacial score (nSPS) is 10.5. The van der Waals surface area contributed by atoms with Crippen LogP contribution in [0.5, 0.6) is 0 Å². The van der Waals surface area contributed by atoms with Gasteiger partial charge in [0.25, 0.3) is 10.9 Å². The van der Waals surface area contributed by atoms with Crippen molar-refractivity contribution in [3.63, 3.8) is 0 Å². The highest BCUT2D eigenvalue weighted by Crippen LogP contribution is 2.26. The van der Waals surface area contributed by atoms with Crippen LogP contribution in [0.2, 0.25) is 0 Å². The molecule has 0 aliphatic carbocycles. The Bertz CT molecular complexity index is 772. The monoisotopic (exact) mass is 313 g/mol. The summed E-state index contributed by atoms with van der Waals surface area (Å²) < 4.78 is 5.59. The molecule has 2 aromatic carbocycles. The third-order valence-corrected chi connectivity index (χ3v) is 3.83. The lowest BCUT2D eigenvalue weighted by Gasteiger charge is -1.98. The molecule has 110 valence electrons. The zero-order chi connectivity index (χ0) is 15.4. The molecule has 3 rings (SSSR count). The summed E-state index contributed by atoms with van der Waals surface area (Å²) in [6.07, 6.45) is 0. The van der Waals surface area contributed by atoms with E-state index in [1.54, 1.807) is 12.1 Å². The lowest BCUT2D eigenvalue weighted by Crippen LogP contribution is -1.88. The fraction of sp³-hybridized carbons (Fsp3) is 0.0667. The van der Waals surface area contributed by atoms with Crippen LogP contribution in [0.25, 0.3) is 11.5 Å². The van der Waals surface area contributed by atoms with Gasteiger partial charge >= 0.3 is 0 Å². The molecule has 3 aromatic rings. The van der Waals surface area contributed by atoms with Gasteiger partial charge in [-0.2, -0.15) is 0 Å². The number of hydrogen-bond acceptors (Lipinski definition) is 6. The molecule has 0 bridgehead atoms. The van der Waals surface area contributed by atoms with E-state index >= 15 is 0 Å². The summed E-state index contributed by atoms with van der Waals surface area (Å²) in [5, 5.41) is 19.1. The fourth-order valence-corrected chi connectivity index (χ4v) is 2.54. The number of nitrogens with zero attached hydrogens (tertiary/aromatic N) is 3. The second-order valence-electron chi connectivity index (χ2n) is 4.45. The van der Waals surface area contributed by atoms with E-state index in [2.05, 4.69) is 10.2 Å². The lowest BCUT2D eigenvalue weighted by atomic mass is 10.2. The summed E-state index contributed by atoms with van der Waals surface area (Å²) in [6, 6.07) is 15.9. The van der Waals surface area contributed by atoms with Crippen molar-refractivity contribution in [2.75, 3.05) is 0 Å². The summed E-state index contributed by atoms with van der Waals surface area (Å²) in [6.45, 7) is 0. The van der Waals surface area contributed by atoms with Gasteiger partial charge in [-0.3, -0.25) is 10.1 Å². The van der Waals surface area contributed by atoms with Crippen molar-refractivity contribution in [1.82, 2.24) is 10.2 Å². The Morgan fingerprint density at radius 2 is 1.77 bits per heavy atom. The van der Waals surface area contributed by atoms with Crippen LogP contribution >= 0.6 is 11.8 Å². The first-order valence-electron chi connectivity index (χ1n) is 6.47. The maximum Gasteiger partial charge on any atom is 0.277 e. The van der Waals surface area contributed by atoms with Gasteiger partial charge in [0, 0.05) is 23.4 Å². The number of nitro groups is 1. The van der Waals surface area contributed by atoms with Crippen LogP contribution in [0.3, 0.4) is 0 Å². The minimum Gasteiger partial charge on any atom is -0.411 e. The van der Waals surface area contributed by atoms with Crippen LogP contribution in [0, 0.1) is 10.1 Å². The zero-order valence-corrected chi connectivity index (χ0v) is 12.2. The van der Waals surface area contributed by atoms with E-state index in [4.69, 9.17) is 4.42 Å². The molecule has 0 atom stereocenters. The summed E-state index contributed by atoms with van der Waals surface area (Å²) in [7, 11) is 0. The summed E-state index contributed by atoms with van der Waals surface area (Å²) >= 11 is 1.39. The lowest BCUT2D eigenvalue weighted by molar-refractivity contribution is -0.384. The van der Waals surface area contributed by atoms with E-state index in [1.165, 1.54) is 23.9 Å². The van der Waals surface area contributed by atoms with Gasteiger partial charge in [0.15, 0.2) is 0 Å². The first kappa shape index (κ1) is 14.3. The van der Waals surface area contributed by atoms with Crippen LogP contribution in [0.4, 0.5) is 5.69 Å². The van der Waals surface area contributed by atoms with Gasteiger partial charge in [0.1, 0.15) is 0 Å². The number of nitro benzene ring substituents is 1. The summed E-state index contributed by atoms with van der Waals surface area (Å²) in [5.41, 5.74) is 1.91. The van der Waals surface area contributed by atoms with Crippen molar-refractivity contribution < 1.29 is 9.34 Å². The minimum absolute atomic E-state index is 0.0814. The predicted octanol–water partition coefficient (Wildman–Crippen LogP) is 3.94. The van der Waals surface area contributed by atoms with E-state index in [1.807, 2.05) is 30.3 Å². The van der Waals surface area contributed by atoms with Gasteiger partial charge in [-0.15, -0.1) is 10.2 Å². The highest BCUT2D eigenvalue weighted by Gasteiger charge is 2.09. The quantitative estimate of drug-likeness (QED) is 0.403. The second-order valence-corrected chi connectivity index (χ2v) is 5.38. The van der Waals surface area contributed by atoms with Gasteiger partial charge in [-0.05, 0) is 17.7 Å². The van der Waals surface area contributed by atoms with E-state index in [-0.39, 0.29) is 5.69 Å². The topological polar surface area (TPSA) is 82.1 Å². The maximum absolute atomic E-state index is 10.6. The highest BCUT2D eigenvalue weighted by molar-refractivity contribution is 7.98. The Kier molecular flexibility index (Phi) is 4.15. The molecule has 0 saturated carbocycles. The third-order valence-electron chi connectivity index (χ3n) is 2.94. The Hall–Kier alpha value is -2.67. The Morgan fingerprint density at radius 1 is 1.05 bits per heavy atom. The first-order valence-corrected chi connectivity index (χ1v) is 7.46. The van der Waals surface area contributed by atoms with Crippen molar-refractivity contribution in [2.45, 2.75) is 11.0 Å². The number of aromatic nitrogens is 2. The highest BCUT2D eigenvalue weighted by atomic mass is 32.2. The molecule has 1 aromatic heterocycles. The smallest absolute Gasteiger partial charge is 0.277 e. The molecule has 0 aliphatic heterocycles. The zero-order valence-electron chi connectivity index (χ0n) is 11.4. The Labute approximate surface area is 130 Å². The fourth-order valence-electron chi connectivity index (χ4n) is 1.82. The molecule has 1 heterocycles.